The fourth-order valence-corrected chi connectivity index (χ4v) is 2.08. The third-order valence-corrected chi connectivity index (χ3v) is 3.64. The second-order valence-electron chi connectivity index (χ2n) is 4.75. The van der Waals surface area contributed by atoms with Crippen molar-refractivity contribution in [3.05, 3.63) is 17.0 Å². The summed E-state index contributed by atoms with van der Waals surface area (Å²) in [6, 6.07) is 0. The van der Waals surface area contributed by atoms with Crippen molar-refractivity contribution in [3.63, 3.8) is 0 Å². The average Bonchev–Trinajstić information content (AvgIpc) is 3.11. The molecule has 0 bridgehead atoms. The van der Waals surface area contributed by atoms with Gasteiger partial charge in [-0.05, 0) is 19.3 Å². The molecule has 0 unspecified atom stereocenters. The zero-order chi connectivity index (χ0) is 12.3. The molecule has 4 nitrogen and oxygen atoms in total. The average molecular weight is 256 g/mol. The van der Waals surface area contributed by atoms with E-state index in [4.69, 9.17) is 11.6 Å². The summed E-state index contributed by atoms with van der Waals surface area (Å²) in [6.07, 6.45) is 5.51. The lowest BCUT2D eigenvalue weighted by Gasteiger charge is -2.15. The van der Waals surface area contributed by atoms with Crippen LogP contribution in [0.4, 0.5) is 5.82 Å². The number of aliphatic hydroxyl groups is 1. The van der Waals surface area contributed by atoms with E-state index in [9.17, 15) is 5.11 Å². The first kappa shape index (κ1) is 12.6. The quantitative estimate of drug-likeness (QED) is 0.766. The summed E-state index contributed by atoms with van der Waals surface area (Å²) in [5.74, 6) is 0.812. The van der Waals surface area contributed by atoms with Gasteiger partial charge < -0.3 is 10.4 Å². The maximum absolute atomic E-state index is 9.26. The van der Waals surface area contributed by atoms with Crippen molar-refractivity contribution < 1.29 is 5.11 Å². The van der Waals surface area contributed by atoms with Crippen molar-refractivity contribution in [2.75, 3.05) is 18.5 Å². The first-order valence-corrected chi connectivity index (χ1v) is 6.43. The van der Waals surface area contributed by atoms with Crippen LogP contribution in [0.5, 0.6) is 0 Å². The van der Waals surface area contributed by atoms with Crippen LogP contribution in [0.1, 0.15) is 31.7 Å². The van der Waals surface area contributed by atoms with Crippen LogP contribution in [0.3, 0.4) is 0 Å². The molecule has 0 amide bonds. The molecule has 1 aromatic rings. The van der Waals surface area contributed by atoms with Gasteiger partial charge in [-0.1, -0.05) is 24.9 Å². The Morgan fingerprint density at radius 1 is 1.47 bits per heavy atom. The van der Waals surface area contributed by atoms with Crippen LogP contribution in [0.15, 0.2) is 6.33 Å². The van der Waals surface area contributed by atoms with E-state index >= 15 is 0 Å². The van der Waals surface area contributed by atoms with Gasteiger partial charge >= 0.3 is 0 Å². The van der Waals surface area contributed by atoms with Crippen LogP contribution in [0.25, 0.3) is 0 Å². The second kappa shape index (κ2) is 5.19. The number of anilines is 1. The Balaban J connectivity index is 2.06. The van der Waals surface area contributed by atoms with Gasteiger partial charge in [0, 0.05) is 17.5 Å². The Labute approximate surface area is 106 Å². The smallest absolute Gasteiger partial charge is 0.137 e. The van der Waals surface area contributed by atoms with E-state index in [1.807, 2.05) is 0 Å². The molecule has 2 rings (SSSR count). The van der Waals surface area contributed by atoms with Crippen LogP contribution in [-0.2, 0) is 6.42 Å². The first-order valence-electron chi connectivity index (χ1n) is 6.05. The highest BCUT2D eigenvalue weighted by Crippen LogP contribution is 2.45. The van der Waals surface area contributed by atoms with E-state index in [1.165, 1.54) is 6.33 Å². The molecule has 1 saturated carbocycles. The van der Waals surface area contributed by atoms with E-state index in [-0.39, 0.29) is 12.0 Å². The highest BCUT2D eigenvalue weighted by molar-refractivity contribution is 6.30. The topological polar surface area (TPSA) is 58.0 Å². The molecule has 1 fully saturated rings. The van der Waals surface area contributed by atoms with Gasteiger partial charge in [0.2, 0.25) is 0 Å². The fourth-order valence-electron chi connectivity index (χ4n) is 1.85. The van der Waals surface area contributed by atoms with Crippen molar-refractivity contribution in [2.24, 2.45) is 5.41 Å². The Hall–Kier alpha value is -0.870. The lowest BCUT2D eigenvalue weighted by molar-refractivity contribution is 0.219. The number of nitrogens with one attached hydrogen (secondary N) is 1. The lowest BCUT2D eigenvalue weighted by atomic mass is 10.1. The standard InChI is InChI=1S/C12H18ClN3O/c1-2-3-9-10(13)15-8-16-11(9)14-6-12(7-17)4-5-12/h8,17H,2-7H2,1H3,(H,14,15,16). The summed E-state index contributed by atoms with van der Waals surface area (Å²) >= 11 is 6.07. The maximum Gasteiger partial charge on any atom is 0.137 e. The van der Waals surface area contributed by atoms with Crippen molar-refractivity contribution in [1.82, 2.24) is 9.97 Å². The third kappa shape index (κ3) is 2.87. The van der Waals surface area contributed by atoms with Crippen LogP contribution in [0, 0.1) is 5.41 Å². The Bertz CT molecular complexity index is 393. The molecule has 2 N–H and O–H groups in total. The van der Waals surface area contributed by atoms with Crippen molar-refractivity contribution >= 4 is 17.4 Å². The Kier molecular flexibility index (Phi) is 3.84. The lowest BCUT2D eigenvalue weighted by Crippen LogP contribution is -2.20. The molecule has 0 atom stereocenters. The number of aliphatic hydroxyl groups excluding tert-OH is 1. The van der Waals surface area contributed by atoms with Crippen LogP contribution >= 0.6 is 11.6 Å². The number of hydrogen-bond donors (Lipinski definition) is 2. The zero-order valence-electron chi connectivity index (χ0n) is 10.0. The van der Waals surface area contributed by atoms with E-state index in [0.29, 0.717) is 5.15 Å². The molecule has 0 aromatic carbocycles. The van der Waals surface area contributed by atoms with E-state index in [2.05, 4.69) is 22.2 Å². The minimum atomic E-state index is 0.0703. The molecule has 17 heavy (non-hydrogen) atoms. The second-order valence-corrected chi connectivity index (χ2v) is 5.11. The molecule has 94 valence electrons. The van der Waals surface area contributed by atoms with Gasteiger partial charge in [-0.3, -0.25) is 0 Å². The van der Waals surface area contributed by atoms with Gasteiger partial charge in [-0.15, -0.1) is 0 Å². The molecule has 0 saturated heterocycles. The zero-order valence-corrected chi connectivity index (χ0v) is 10.8. The number of hydrogen-bond acceptors (Lipinski definition) is 4. The largest absolute Gasteiger partial charge is 0.396 e. The summed E-state index contributed by atoms with van der Waals surface area (Å²) < 4.78 is 0. The molecule has 1 aromatic heterocycles. The highest BCUT2D eigenvalue weighted by Gasteiger charge is 2.41. The summed E-state index contributed by atoms with van der Waals surface area (Å²) in [5.41, 5.74) is 1.05. The maximum atomic E-state index is 9.26. The van der Waals surface area contributed by atoms with Crippen LogP contribution < -0.4 is 5.32 Å². The van der Waals surface area contributed by atoms with Crippen molar-refractivity contribution in [1.29, 1.82) is 0 Å². The van der Waals surface area contributed by atoms with Gasteiger partial charge in [0.25, 0.3) is 0 Å². The molecule has 5 heteroatoms. The monoisotopic (exact) mass is 255 g/mol. The third-order valence-electron chi connectivity index (χ3n) is 3.32. The summed E-state index contributed by atoms with van der Waals surface area (Å²) in [7, 11) is 0. The van der Waals surface area contributed by atoms with Gasteiger partial charge in [-0.2, -0.15) is 0 Å². The first-order chi connectivity index (χ1) is 8.21. The summed E-state index contributed by atoms with van der Waals surface area (Å²) in [6.45, 7) is 3.10. The Morgan fingerprint density at radius 3 is 2.82 bits per heavy atom. The molecular weight excluding hydrogens is 238 g/mol. The molecule has 0 radical (unpaired) electrons. The Morgan fingerprint density at radius 2 is 2.24 bits per heavy atom. The van der Waals surface area contributed by atoms with E-state index < -0.39 is 0 Å². The van der Waals surface area contributed by atoms with Crippen LogP contribution in [-0.4, -0.2) is 28.2 Å². The van der Waals surface area contributed by atoms with Crippen molar-refractivity contribution in [3.8, 4) is 0 Å². The van der Waals surface area contributed by atoms with Gasteiger partial charge in [0.1, 0.15) is 17.3 Å². The number of nitrogens with zero attached hydrogens (tertiary/aromatic N) is 2. The molecule has 1 aliphatic carbocycles. The summed E-state index contributed by atoms with van der Waals surface area (Å²) in [4.78, 5) is 8.24. The predicted octanol–water partition coefficient (Wildman–Crippen LogP) is 2.27. The van der Waals surface area contributed by atoms with Crippen LogP contribution in [0.2, 0.25) is 5.15 Å². The molecule has 0 spiro atoms. The van der Waals surface area contributed by atoms with Gasteiger partial charge in [-0.25, -0.2) is 9.97 Å². The SMILES string of the molecule is CCCc1c(Cl)ncnc1NCC1(CO)CC1. The van der Waals surface area contributed by atoms with E-state index in [0.717, 1.165) is 43.6 Å². The molecule has 1 aliphatic rings. The normalized spacial score (nSPS) is 16.9. The highest BCUT2D eigenvalue weighted by atomic mass is 35.5. The number of aromatic nitrogens is 2. The number of rotatable bonds is 6. The molecule has 1 heterocycles. The minimum Gasteiger partial charge on any atom is -0.396 e. The number of halogens is 1. The molecule has 0 aliphatic heterocycles. The van der Waals surface area contributed by atoms with Gasteiger partial charge in [0.15, 0.2) is 0 Å². The predicted molar refractivity (Wildman–Crippen MR) is 68.3 cm³/mol. The fraction of sp³-hybridized carbons (Fsp3) is 0.667. The minimum absolute atomic E-state index is 0.0703. The summed E-state index contributed by atoms with van der Waals surface area (Å²) in [5, 5.41) is 13.1. The van der Waals surface area contributed by atoms with E-state index in [1.54, 1.807) is 0 Å². The molecular formula is C12H18ClN3O. The van der Waals surface area contributed by atoms with Gasteiger partial charge in [0.05, 0.1) is 6.61 Å². The van der Waals surface area contributed by atoms with Crippen molar-refractivity contribution in [2.45, 2.75) is 32.6 Å².